The Hall–Kier alpha value is -1.59. The van der Waals surface area contributed by atoms with Gasteiger partial charge in [-0.25, -0.2) is 4.79 Å². The molecule has 4 rings (SSSR count). The number of carbonyl (C=O) groups excluding carboxylic acids is 3. The fraction of sp³-hybridized carbons (Fsp3) is 0.870. The second-order valence-electron chi connectivity index (χ2n) is 10.7. The lowest BCUT2D eigenvalue weighted by atomic mass is 9.59. The number of hydrogen-bond donors (Lipinski definition) is 0. The van der Waals surface area contributed by atoms with Gasteiger partial charge in [0.15, 0.2) is 0 Å². The average molecular weight is 407 g/mol. The molecule has 7 atom stereocenters. The molecule has 3 saturated carbocycles. The predicted molar refractivity (Wildman–Crippen MR) is 105 cm³/mol. The van der Waals surface area contributed by atoms with Gasteiger partial charge in [-0.05, 0) is 56.8 Å². The third-order valence-corrected chi connectivity index (χ3v) is 9.87. The highest BCUT2D eigenvalue weighted by Crippen LogP contribution is 2.66. The summed E-state index contributed by atoms with van der Waals surface area (Å²) in [5.74, 6) is -0.557. The lowest BCUT2D eigenvalue weighted by molar-refractivity contribution is -0.195. The van der Waals surface area contributed by atoms with Gasteiger partial charge in [0.2, 0.25) is 5.60 Å². The molecule has 6 nitrogen and oxygen atoms in total. The Labute approximate surface area is 173 Å². The summed E-state index contributed by atoms with van der Waals surface area (Å²) >= 11 is 0. The minimum atomic E-state index is -1.20. The van der Waals surface area contributed by atoms with Crippen molar-refractivity contribution in [3.8, 4) is 0 Å². The number of carbonyl (C=O) groups is 3. The van der Waals surface area contributed by atoms with E-state index in [0.717, 1.165) is 25.7 Å². The third-order valence-electron chi connectivity index (χ3n) is 9.87. The first-order chi connectivity index (χ1) is 13.5. The Balaban J connectivity index is 1.59. The van der Waals surface area contributed by atoms with Crippen molar-refractivity contribution in [3.63, 3.8) is 0 Å². The number of ether oxygens (including phenoxy) is 3. The van der Waals surface area contributed by atoms with Gasteiger partial charge in [-0.1, -0.05) is 27.7 Å². The fourth-order valence-corrected chi connectivity index (χ4v) is 7.04. The summed E-state index contributed by atoms with van der Waals surface area (Å²) < 4.78 is 16.9. The topological polar surface area (TPSA) is 78.9 Å². The molecule has 0 amide bonds. The van der Waals surface area contributed by atoms with E-state index in [1.54, 1.807) is 0 Å². The van der Waals surface area contributed by atoms with Crippen molar-refractivity contribution in [2.24, 2.45) is 34.0 Å². The van der Waals surface area contributed by atoms with Gasteiger partial charge in [-0.15, -0.1) is 0 Å². The van der Waals surface area contributed by atoms with Gasteiger partial charge in [0.25, 0.3) is 0 Å². The lowest BCUT2D eigenvalue weighted by Crippen LogP contribution is -2.53. The van der Waals surface area contributed by atoms with Crippen molar-refractivity contribution in [1.82, 2.24) is 0 Å². The normalized spacial score (nSPS) is 47.4. The Morgan fingerprint density at radius 3 is 2.28 bits per heavy atom. The number of hydrogen-bond acceptors (Lipinski definition) is 6. The van der Waals surface area contributed by atoms with Gasteiger partial charge in [0.05, 0.1) is 18.4 Å². The van der Waals surface area contributed by atoms with Gasteiger partial charge in [-0.3, -0.25) is 9.59 Å². The minimum Gasteiger partial charge on any atom is -0.469 e. The van der Waals surface area contributed by atoms with Crippen LogP contribution in [-0.4, -0.2) is 36.7 Å². The van der Waals surface area contributed by atoms with Crippen LogP contribution in [0.3, 0.4) is 0 Å². The lowest BCUT2D eigenvalue weighted by Gasteiger charge is -2.48. The first-order valence-electron chi connectivity index (χ1n) is 11.0. The highest BCUT2D eigenvalue weighted by atomic mass is 16.6. The zero-order chi connectivity index (χ0) is 21.4. The van der Waals surface area contributed by atoms with Crippen molar-refractivity contribution in [2.45, 2.75) is 84.8 Å². The maximum absolute atomic E-state index is 13.5. The maximum Gasteiger partial charge on any atom is 0.351 e. The molecule has 0 unspecified atom stereocenters. The molecule has 1 saturated heterocycles. The van der Waals surface area contributed by atoms with E-state index in [0.29, 0.717) is 18.8 Å². The molecule has 29 heavy (non-hydrogen) atoms. The monoisotopic (exact) mass is 406 g/mol. The summed E-state index contributed by atoms with van der Waals surface area (Å²) in [5, 5.41) is 0. The van der Waals surface area contributed by atoms with Crippen LogP contribution in [0.4, 0.5) is 0 Å². The number of methoxy groups -OCH3 is 1. The highest BCUT2D eigenvalue weighted by Gasteiger charge is 2.76. The summed E-state index contributed by atoms with van der Waals surface area (Å²) in [6.45, 7) is 10.1. The molecule has 3 aliphatic carbocycles. The molecule has 4 fully saturated rings. The molecule has 2 bridgehead atoms. The first kappa shape index (κ1) is 20.7. The van der Waals surface area contributed by atoms with Gasteiger partial charge >= 0.3 is 17.9 Å². The van der Waals surface area contributed by atoms with Crippen molar-refractivity contribution in [1.29, 1.82) is 0 Å². The molecule has 0 N–H and O–H groups in total. The van der Waals surface area contributed by atoms with Crippen molar-refractivity contribution < 1.29 is 28.6 Å². The second kappa shape index (κ2) is 6.21. The smallest absolute Gasteiger partial charge is 0.351 e. The Morgan fingerprint density at radius 2 is 1.72 bits per heavy atom. The molecule has 0 spiro atoms. The van der Waals surface area contributed by atoms with E-state index in [1.165, 1.54) is 7.11 Å². The van der Waals surface area contributed by atoms with E-state index < -0.39 is 22.4 Å². The quantitative estimate of drug-likeness (QED) is 0.526. The minimum absolute atomic E-state index is 0.115. The predicted octanol–water partition coefficient (Wildman–Crippen LogP) is 3.66. The molecule has 6 heteroatoms. The first-order valence-corrected chi connectivity index (χ1v) is 11.0. The van der Waals surface area contributed by atoms with Gasteiger partial charge < -0.3 is 14.2 Å². The largest absolute Gasteiger partial charge is 0.469 e. The van der Waals surface area contributed by atoms with Crippen molar-refractivity contribution in [2.75, 3.05) is 7.11 Å². The molecule has 0 radical (unpaired) electrons. The number of fused-ring (bicyclic) bond motifs is 3. The van der Waals surface area contributed by atoms with Crippen LogP contribution in [0.5, 0.6) is 0 Å². The highest BCUT2D eigenvalue weighted by molar-refractivity contribution is 5.93. The summed E-state index contributed by atoms with van der Waals surface area (Å²) in [6.07, 6.45) is 4.17. The molecule has 4 aliphatic rings. The Bertz CT molecular complexity index is 758. The molecule has 162 valence electrons. The second-order valence-corrected chi connectivity index (χ2v) is 10.7. The average Bonchev–Trinajstić information content (AvgIpc) is 3.18. The number of esters is 3. The fourth-order valence-electron chi connectivity index (χ4n) is 7.04. The van der Waals surface area contributed by atoms with Crippen LogP contribution in [0.2, 0.25) is 0 Å². The van der Waals surface area contributed by atoms with Gasteiger partial charge in [-0.2, -0.15) is 0 Å². The van der Waals surface area contributed by atoms with Crippen LogP contribution in [0.25, 0.3) is 0 Å². The van der Waals surface area contributed by atoms with Crippen molar-refractivity contribution in [3.05, 3.63) is 0 Å². The van der Waals surface area contributed by atoms with Crippen molar-refractivity contribution >= 4 is 17.9 Å². The molecular weight excluding hydrogens is 372 g/mol. The van der Waals surface area contributed by atoms with Crippen LogP contribution in [0.1, 0.15) is 73.1 Å². The maximum atomic E-state index is 13.5. The summed E-state index contributed by atoms with van der Waals surface area (Å²) in [6, 6.07) is 0. The van der Waals surface area contributed by atoms with E-state index >= 15 is 0 Å². The van der Waals surface area contributed by atoms with E-state index in [9.17, 15) is 14.4 Å². The molecule has 1 aliphatic heterocycles. The van der Waals surface area contributed by atoms with Gasteiger partial charge in [0, 0.05) is 11.3 Å². The Kier molecular flexibility index (Phi) is 4.43. The third kappa shape index (κ3) is 2.32. The Morgan fingerprint density at radius 1 is 1.03 bits per heavy atom. The standard InChI is InChI=1S/C23H34O6/c1-13-7-10-16(14-8-9-15(17(24)27-6)22(13,14)5)28-19(26)23-12-11-21(4,18(25)29-23)20(23,2)3/h13-16H,7-12H2,1-6H3/t13-,14-,15+,16-,21+,22+,23-/m1/s1. The van der Waals surface area contributed by atoms with Crippen LogP contribution in [0.15, 0.2) is 0 Å². The van der Waals surface area contributed by atoms with Crippen LogP contribution >= 0.6 is 0 Å². The molecule has 0 aromatic heterocycles. The SMILES string of the molecule is COC(=O)[C@@H]1CC[C@@H]2[C@H](OC(=O)[C@@]34CC[C@@](C)(C(=O)O3)C4(C)C)CC[C@@H](C)[C@@]21C. The molecule has 1 heterocycles. The van der Waals surface area contributed by atoms with E-state index in [-0.39, 0.29) is 35.3 Å². The summed E-state index contributed by atoms with van der Waals surface area (Å²) in [4.78, 5) is 38.4. The molecule has 0 aromatic carbocycles. The number of rotatable bonds is 3. The zero-order valence-corrected chi connectivity index (χ0v) is 18.5. The zero-order valence-electron chi connectivity index (χ0n) is 18.5. The summed E-state index contributed by atoms with van der Waals surface area (Å²) in [7, 11) is 1.44. The van der Waals surface area contributed by atoms with Crippen LogP contribution in [-0.2, 0) is 28.6 Å². The molecular formula is C23H34O6. The van der Waals surface area contributed by atoms with Crippen LogP contribution in [0, 0.1) is 34.0 Å². The van der Waals surface area contributed by atoms with E-state index in [1.807, 2.05) is 20.8 Å². The van der Waals surface area contributed by atoms with E-state index in [4.69, 9.17) is 14.2 Å². The van der Waals surface area contributed by atoms with Crippen LogP contribution < -0.4 is 0 Å². The molecule has 0 aromatic rings. The summed E-state index contributed by atoms with van der Waals surface area (Å²) in [5.41, 5.74) is -2.70. The van der Waals surface area contributed by atoms with Gasteiger partial charge in [0.1, 0.15) is 6.10 Å². The van der Waals surface area contributed by atoms with E-state index in [2.05, 4.69) is 13.8 Å².